The van der Waals surface area contributed by atoms with E-state index in [1.165, 1.54) is 61.6 Å². The van der Waals surface area contributed by atoms with E-state index < -0.39 is 40.2 Å². The minimum Gasteiger partial charge on any atom is -0.493 e. The SMILES string of the molecule is CC[C@H](C)NC(=O)[C@H](Cc1ccccc1)N(Cc1ccccc1F)C(=O)CN(c1ccc(OC)c(OC)c1)S(=O)(=O)c1ccc(C)cc1. The van der Waals surface area contributed by atoms with Crippen molar-refractivity contribution in [2.24, 2.45) is 0 Å². The second-order valence-corrected chi connectivity index (χ2v) is 13.4. The number of anilines is 1. The summed E-state index contributed by atoms with van der Waals surface area (Å²) in [4.78, 5) is 29.8. The number of ether oxygens (including phenoxy) is 2. The normalized spacial score (nSPS) is 12.5. The molecule has 0 aliphatic rings. The van der Waals surface area contributed by atoms with Gasteiger partial charge in [-0.2, -0.15) is 0 Å². The molecule has 0 heterocycles. The molecule has 0 saturated heterocycles. The molecule has 0 unspecified atom stereocenters. The molecule has 11 heteroatoms. The largest absolute Gasteiger partial charge is 0.493 e. The number of hydrogen-bond donors (Lipinski definition) is 1. The van der Waals surface area contributed by atoms with Crippen molar-refractivity contribution < 1.29 is 31.9 Å². The summed E-state index contributed by atoms with van der Waals surface area (Å²) < 4.78 is 55.5. The molecule has 0 spiro atoms. The predicted molar refractivity (Wildman–Crippen MR) is 184 cm³/mol. The maximum atomic E-state index is 15.1. The second-order valence-electron chi connectivity index (χ2n) is 11.5. The van der Waals surface area contributed by atoms with Crippen LogP contribution in [0.1, 0.15) is 37.0 Å². The molecule has 0 bridgehead atoms. The summed E-state index contributed by atoms with van der Waals surface area (Å²) in [5.74, 6) is -1.07. The van der Waals surface area contributed by atoms with E-state index >= 15 is 4.39 Å². The van der Waals surface area contributed by atoms with Gasteiger partial charge in [0.1, 0.15) is 18.4 Å². The van der Waals surface area contributed by atoms with Gasteiger partial charge in [0.2, 0.25) is 11.8 Å². The quantitative estimate of drug-likeness (QED) is 0.168. The number of hydrogen-bond acceptors (Lipinski definition) is 6. The molecule has 254 valence electrons. The molecule has 2 atom stereocenters. The summed E-state index contributed by atoms with van der Waals surface area (Å²) in [6.45, 7) is 4.65. The summed E-state index contributed by atoms with van der Waals surface area (Å²) in [5.41, 5.74) is 1.95. The smallest absolute Gasteiger partial charge is 0.264 e. The third-order valence-corrected chi connectivity index (χ3v) is 9.90. The van der Waals surface area contributed by atoms with Crippen LogP contribution in [0.15, 0.2) is 102 Å². The molecular weight excluding hydrogens is 633 g/mol. The van der Waals surface area contributed by atoms with E-state index in [1.807, 2.05) is 51.1 Å². The first-order valence-corrected chi connectivity index (χ1v) is 17.1. The van der Waals surface area contributed by atoms with E-state index in [2.05, 4.69) is 5.32 Å². The number of nitrogens with one attached hydrogen (secondary N) is 1. The number of benzene rings is 4. The van der Waals surface area contributed by atoms with Gasteiger partial charge in [-0.25, -0.2) is 12.8 Å². The highest BCUT2D eigenvalue weighted by molar-refractivity contribution is 7.92. The molecule has 4 aromatic rings. The molecule has 2 amide bonds. The number of nitrogens with zero attached hydrogens (tertiary/aromatic N) is 2. The van der Waals surface area contributed by atoms with Gasteiger partial charge in [-0.15, -0.1) is 0 Å². The van der Waals surface area contributed by atoms with Crippen molar-refractivity contribution >= 4 is 27.5 Å². The lowest BCUT2D eigenvalue weighted by Gasteiger charge is -2.34. The third kappa shape index (κ3) is 8.71. The van der Waals surface area contributed by atoms with E-state index in [4.69, 9.17) is 9.47 Å². The molecule has 0 fully saturated rings. The summed E-state index contributed by atoms with van der Waals surface area (Å²) in [7, 11) is -1.46. The topological polar surface area (TPSA) is 105 Å². The van der Waals surface area contributed by atoms with Crippen LogP contribution in [-0.2, 0) is 32.6 Å². The van der Waals surface area contributed by atoms with E-state index in [0.29, 0.717) is 12.2 Å². The van der Waals surface area contributed by atoms with Crippen molar-refractivity contribution in [1.82, 2.24) is 10.2 Å². The summed E-state index contributed by atoms with van der Waals surface area (Å²) in [5, 5.41) is 2.97. The van der Waals surface area contributed by atoms with Crippen molar-refractivity contribution in [3.63, 3.8) is 0 Å². The fourth-order valence-electron chi connectivity index (χ4n) is 5.15. The Kier molecular flexibility index (Phi) is 12.2. The monoisotopic (exact) mass is 675 g/mol. The number of carbonyl (C=O) groups excluding carboxylic acids is 2. The number of sulfonamides is 1. The number of carbonyl (C=O) groups is 2. The van der Waals surface area contributed by atoms with Gasteiger partial charge in [-0.05, 0) is 56.2 Å². The van der Waals surface area contributed by atoms with Gasteiger partial charge in [-0.3, -0.25) is 13.9 Å². The number of aryl methyl sites for hydroxylation is 1. The standard InChI is InChI=1S/C37H42FN3O6S/c1-6-27(3)39-37(43)33(22-28-12-8-7-9-13-28)40(24-29-14-10-11-15-32(29)38)36(42)25-41(30-18-21-34(46-4)35(23-30)47-5)48(44,45)31-19-16-26(2)17-20-31/h7-21,23,27,33H,6,22,24-25H2,1-5H3,(H,39,43)/t27-,33-/m0/s1. The average molecular weight is 676 g/mol. The van der Waals surface area contributed by atoms with E-state index in [1.54, 1.807) is 24.3 Å². The minimum atomic E-state index is -4.34. The highest BCUT2D eigenvalue weighted by Crippen LogP contribution is 2.34. The predicted octanol–water partition coefficient (Wildman–Crippen LogP) is 5.90. The lowest BCUT2D eigenvalue weighted by Crippen LogP contribution is -2.54. The zero-order chi connectivity index (χ0) is 34.8. The molecule has 0 radical (unpaired) electrons. The van der Waals surface area contributed by atoms with Gasteiger partial charge in [-0.1, -0.05) is 73.2 Å². The Morgan fingerprint density at radius 1 is 0.875 bits per heavy atom. The van der Waals surface area contributed by atoms with Gasteiger partial charge < -0.3 is 19.7 Å². The van der Waals surface area contributed by atoms with E-state index in [9.17, 15) is 18.0 Å². The van der Waals surface area contributed by atoms with Crippen molar-refractivity contribution in [3.05, 3.63) is 120 Å². The van der Waals surface area contributed by atoms with E-state index in [0.717, 1.165) is 15.4 Å². The Morgan fingerprint density at radius 3 is 2.15 bits per heavy atom. The van der Waals surface area contributed by atoms with Crippen molar-refractivity contribution in [2.45, 2.75) is 57.1 Å². The van der Waals surface area contributed by atoms with Crippen LogP contribution in [0.2, 0.25) is 0 Å². The zero-order valence-corrected chi connectivity index (χ0v) is 28.7. The first-order chi connectivity index (χ1) is 23.0. The Labute approximate surface area is 282 Å². The molecule has 0 saturated carbocycles. The lowest BCUT2D eigenvalue weighted by molar-refractivity contribution is -0.140. The van der Waals surface area contributed by atoms with Crippen LogP contribution in [0.3, 0.4) is 0 Å². The Morgan fingerprint density at radius 2 is 1.52 bits per heavy atom. The first kappa shape index (κ1) is 35.9. The fraction of sp³-hybridized carbons (Fsp3) is 0.297. The number of amides is 2. The van der Waals surface area contributed by atoms with Crippen LogP contribution in [0.25, 0.3) is 0 Å². The van der Waals surface area contributed by atoms with Gasteiger partial charge in [0, 0.05) is 30.6 Å². The lowest BCUT2D eigenvalue weighted by atomic mass is 10.0. The van der Waals surface area contributed by atoms with Crippen LogP contribution < -0.4 is 19.1 Å². The van der Waals surface area contributed by atoms with Gasteiger partial charge in [0.05, 0.1) is 24.8 Å². The maximum absolute atomic E-state index is 15.1. The molecule has 0 aliphatic carbocycles. The second kappa shape index (κ2) is 16.3. The minimum absolute atomic E-state index is 0.0355. The summed E-state index contributed by atoms with van der Waals surface area (Å²) in [6, 6.07) is 24.7. The third-order valence-electron chi connectivity index (χ3n) is 8.11. The Bertz CT molecular complexity index is 1800. The number of methoxy groups -OCH3 is 2. The maximum Gasteiger partial charge on any atom is 0.264 e. The molecule has 48 heavy (non-hydrogen) atoms. The van der Waals surface area contributed by atoms with Crippen LogP contribution in [0.4, 0.5) is 10.1 Å². The Hall–Kier alpha value is -4.90. The van der Waals surface area contributed by atoms with E-state index in [-0.39, 0.29) is 40.9 Å². The van der Waals surface area contributed by atoms with Crippen molar-refractivity contribution in [1.29, 1.82) is 0 Å². The molecule has 0 aromatic heterocycles. The molecular formula is C37H42FN3O6S. The van der Waals surface area contributed by atoms with Gasteiger partial charge >= 0.3 is 0 Å². The van der Waals surface area contributed by atoms with Crippen LogP contribution >= 0.6 is 0 Å². The molecule has 4 rings (SSSR count). The zero-order valence-electron chi connectivity index (χ0n) is 27.9. The van der Waals surface area contributed by atoms with Crippen molar-refractivity contribution in [3.8, 4) is 11.5 Å². The summed E-state index contributed by atoms with van der Waals surface area (Å²) in [6.07, 6.45) is 0.761. The van der Waals surface area contributed by atoms with Gasteiger partial charge in [0.15, 0.2) is 11.5 Å². The van der Waals surface area contributed by atoms with Crippen LogP contribution in [0.5, 0.6) is 11.5 Å². The average Bonchev–Trinajstić information content (AvgIpc) is 3.09. The number of halogens is 1. The Balaban J connectivity index is 1.86. The molecule has 1 N–H and O–H groups in total. The highest BCUT2D eigenvalue weighted by Gasteiger charge is 2.35. The molecule has 9 nitrogen and oxygen atoms in total. The molecule has 0 aliphatic heterocycles. The summed E-state index contributed by atoms with van der Waals surface area (Å²) >= 11 is 0. The highest BCUT2D eigenvalue weighted by atomic mass is 32.2. The van der Waals surface area contributed by atoms with Gasteiger partial charge in [0.25, 0.3) is 10.0 Å². The fourth-order valence-corrected chi connectivity index (χ4v) is 6.56. The molecule has 4 aromatic carbocycles. The van der Waals surface area contributed by atoms with Crippen molar-refractivity contribution in [2.75, 3.05) is 25.1 Å². The van der Waals surface area contributed by atoms with Crippen LogP contribution in [-0.4, -0.2) is 58.0 Å². The van der Waals surface area contributed by atoms with Crippen LogP contribution in [0, 0.1) is 12.7 Å². The first-order valence-electron chi connectivity index (χ1n) is 15.7. The number of rotatable bonds is 15.